The van der Waals surface area contributed by atoms with Crippen LogP contribution >= 0.6 is 0 Å². The largest absolute Gasteiger partial charge is 0.382 e. The average molecular weight is 272 g/mol. The summed E-state index contributed by atoms with van der Waals surface area (Å²) < 4.78 is 31.8. The number of halogens is 2. The highest BCUT2D eigenvalue weighted by Gasteiger charge is 2.19. The average Bonchev–Trinajstić information content (AvgIpc) is 2.38. The van der Waals surface area contributed by atoms with Crippen LogP contribution < -0.4 is 5.32 Å². The fourth-order valence-corrected chi connectivity index (χ4v) is 2.02. The van der Waals surface area contributed by atoms with Crippen LogP contribution in [0, 0.1) is 27.7 Å². The molecule has 0 radical (unpaired) electrons. The van der Waals surface area contributed by atoms with Crippen molar-refractivity contribution in [3.8, 4) is 0 Å². The van der Waals surface area contributed by atoms with Gasteiger partial charge in [0, 0.05) is 31.9 Å². The highest BCUT2D eigenvalue weighted by Crippen LogP contribution is 2.26. The van der Waals surface area contributed by atoms with Crippen molar-refractivity contribution >= 4 is 11.4 Å². The van der Waals surface area contributed by atoms with E-state index < -0.39 is 22.2 Å². The van der Waals surface area contributed by atoms with E-state index >= 15 is 0 Å². The van der Waals surface area contributed by atoms with Gasteiger partial charge in [0.1, 0.15) is 5.82 Å². The first kappa shape index (κ1) is 13.7. The quantitative estimate of drug-likeness (QED) is 0.676. The van der Waals surface area contributed by atoms with Gasteiger partial charge in [-0.25, -0.2) is 4.39 Å². The topological polar surface area (TPSA) is 64.4 Å². The molecule has 1 N–H and O–H groups in total. The summed E-state index contributed by atoms with van der Waals surface area (Å²) in [6.45, 7) is 1.82. The second kappa shape index (κ2) is 5.92. The zero-order valence-electron chi connectivity index (χ0n) is 10.2. The normalized spacial score (nSPS) is 16.3. The fraction of sp³-hybridized carbons (Fsp3) is 0.500. The first-order valence-corrected chi connectivity index (χ1v) is 6.03. The molecule has 0 bridgehead atoms. The summed E-state index contributed by atoms with van der Waals surface area (Å²) in [6, 6.07) is 1.43. The van der Waals surface area contributed by atoms with Crippen LogP contribution in [0.25, 0.3) is 0 Å². The second-order valence-corrected chi connectivity index (χ2v) is 4.48. The molecule has 0 amide bonds. The van der Waals surface area contributed by atoms with E-state index in [2.05, 4.69) is 5.32 Å². The maximum atomic E-state index is 13.5. The Morgan fingerprint density at radius 2 is 2.00 bits per heavy atom. The number of nitrogens with zero attached hydrogens (tertiary/aromatic N) is 1. The SMILES string of the molecule is O=[N+]([O-])c1cc(NCC2CCOCC2)c(F)cc1F. The van der Waals surface area contributed by atoms with E-state index in [0.29, 0.717) is 31.7 Å². The third-order valence-electron chi connectivity index (χ3n) is 3.16. The minimum absolute atomic E-state index is 0.0420. The molecule has 7 heteroatoms. The van der Waals surface area contributed by atoms with Gasteiger partial charge in [-0.3, -0.25) is 10.1 Å². The monoisotopic (exact) mass is 272 g/mol. The molecule has 0 unspecified atom stereocenters. The van der Waals surface area contributed by atoms with Crippen LogP contribution in [0.4, 0.5) is 20.2 Å². The smallest absolute Gasteiger partial charge is 0.307 e. The van der Waals surface area contributed by atoms with Gasteiger partial charge in [0.15, 0.2) is 0 Å². The first-order chi connectivity index (χ1) is 9.08. The maximum Gasteiger partial charge on any atom is 0.307 e. The van der Waals surface area contributed by atoms with Crippen molar-refractivity contribution in [2.75, 3.05) is 25.1 Å². The molecule has 1 aliphatic heterocycles. The number of rotatable bonds is 4. The summed E-state index contributed by atoms with van der Waals surface area (Å²) >= 11 is 0. The lowest BCUT2D eigenvalue weighted by molar-refractivity contribution is -0.387. The van der Waals surface area contributed by atoms with Crippen molar-refractivity contribution in [3.05, 3.63) is 33.9 Å². The molecule has 1 aromatic rings. The Labute approximate surface area is 108 Å². The van der Waals surface area contributed by atoms with E-state index in [1.165, 1.54) is 0 Å². The Bertz CT molecular complexity index is 476. The van der Waals surface area contributed by atoms with Crippen molar-refractivity contribution < 1.29 is 18.4 Å². The Hall–Kier alpha value is -1.76. The second-order valence-electron chi connectivity index (χ2n) is 4.48. The van der Waals surface area contributed by atoms with Crippen LogP contribution in [0.15, 0.2) is 12.1 Å². The lowest BCUT2D eigenvalue weighted by Crippen LogP contribution is -2.23. The van der Waals surface area contributed by atoms with Gasteiger partial charge in [-0.05, 0) is 18.8 Å². The van der Waals surface area contributed by atoms with Crippen LogP contribution in [-0.4, -0.2) is 24.7 Å². The third-order valence-corrected chi connectivity index (χ3v) is 3.16. The van der Waals surface area contributed by atoms with E-state index in [0.717, 1.165) is 18.9 Å². The molecule has 0 saturated carbocycles. The molecule has 1 fully saturated rings. The minimum atomic E-state index is -1.17. The minimum Gasteiger partial charge on any atom is -0.382 e. The van der Waals surface area contributed by atoms with Crippen LogP contribution in [0.5, 0.6) is 0 Å². The Balaban J connectivity index is 2.06. The number of nitro groups is 1. The summed E-state index contributed by atoms with van der Waals surface area (Å²) in [5, 5.41) is 13.4. The van der Waals surface area contributed by atoms with Gasteiger partial charge in [0.25, 0.3) is 0 Å². The van der Waals surface area contributed by atoms with Crippen LogP contribution in [0.1, 0.15) is 12.8 Å². The molecule has 5 nitrogen and oxygen atoms in total. The van der Waals surface area contributed by atoms with E-state index in [4.69, 9.17) is 4.74 Å². The summed E-state index contributed by atoms with van der Waals surface area (Å²) in [5.41, 5.74) is -0.768. The van der Waals surface area contributed by atoms with Crippen molar-refractivity contribution in [1.29, 1.82) is 0 Å². The highest BCUT2D eigenvalue weighted by atomic mass is 19.1. The molecule has 0 aromatic heterocycles. The molecule has 2 rings (SSSR count). The molecule has 1 saturated heterocycles. The van der Waals surface area contributed by atoms with Gasteiger partial charge in [0.2, 0.25) is 5.82 Å². The predicted molar refractivity (Wildman–Crippen MR) is 65.0 cm³/mol. The number of nitro benzene ring substituents is 1. The number of ether oxygens (including phenoxy) is 1. The molecule has 19 heavy (non-hydrogen) atoms. The molecule has 104 valence electrons. The van der Waals surface area contributed by atoms with Crippen molar-refractivity contribution in [3.63, 3.8) is 0 Å². The van der Waals surface area contributed by atoms with E-state index in [-0.39, 0.29) is 5.69 Å². The lowest BCUT2D eigenvalue weighted by atomic mass is 10.0. The van der Waals surface area contributed by atoms with Gasteiger partial charge >= 0.3 is 5.69 Å². The van der Waals surface area contributed by atoms with Gasteiger partial charge in [-0.15, -0.1) is 0 Å². The standard InChI is InChI=1S/C12H14F2N2O3/c13-9-5-10(14)12(16(17)18)6-11(9)15-7-8-1-3-19-4-2-8/h5-6,8,15H,1-4,7H2. The first-order valence-electron chi connectivity index (χ1n) is 6.03. The summed E-state index contributed by atoms with van der Waals surface area (Å²) in [5.74, 6) is -1.66. The Kier molecular flexibility index (Phi) is 4.26. The lowest BCUT2D eigenvalue weighted by Gasteiger charge is -2.22. The number of hydrogen-bond donors (Lipinski definition) is 1. The summed E-state index contributed by atoms with van der Waals surface area (Å²) in [6.07, 6.45) is 1.72. The number of anilines is 1. The predicted octanol–water partition coefficient (Wildman–Crippen LogP) is 2.71. The Morgan fingerprint density at radius 3 is 2.63 bits per heavy atom. The molecule has 0 spiro atoms. The molecule has 0 aliphatic carbocycles. The summed E-state index contributed by atoms with van der Waals surface area (Å²) in [4.78, 5) is 9.72. The Morgan fingerprint density at radius 1 is 1.32 bits per heavy atom. The molecule has 1 heterocycles. The number of hydrogen-bond acceptors (Lipinski definition) is 4. The molecule has 1 aromatic carbocycles. The maximum absolute atomic E-state index is 13.5. The highest BCUT2D eigenvalue weighted by molar-refractivity contribution is 5.53. The summed E-state index contributed by atoms with van der Waals surface area (Å²) in [7, 11) is 0. The van der Waals surface area contributed by atoms with E-state index in [1.807, 2.05) is 0 Å². The molecule has 1 aliphatic rings. The zero-order valence-corrected chi connectivity index (χ0v) is 10.2. The van der Waals surface area contributed by atoms with E-state index in [1.54, 1.807) is 0 Å². The third kappa shape index (κ3) is 3.37. The van der Waals surface area contributed by atoms with Crippen molar-refractivity contribution in [2.24, 2.45) is 5.92 Å². The zero-order chi connectivity index (χ0) is 13.8. The molecular weight excluding hydrogens is 258 g/mol. The van der Waals surface area contributed by atoms with Crippen molar-refractivity contribution in [2.45, 2.75) is 12.8 Å². The van der Waals surface area contributed by atoms with Crippen LogP contribution in [0.3, 0.4) is 0 Å². The van der Waals surface area contributed by atoms with Gasteiger partial charge in [0.05, 0.1) is 10.6 Å². The molecular formula is C12H14F2N2O3. The number of nitrogens with one attached hydrogen (secondary N) is 1. The van der Waals surface area contributed by atoms with Crippen LogP contribution in [-0.2, 0) is 4.74 Å². The van der Waals surface area contributed by atoms with E-state index in [9.17, 15) is 18.9 Å². The molecule has 0 atom stereocenters. The van der Waals surface area contributed by atoms with Gasteiger partial charge in [-0.1, -0.05) is 0 Å². The van der Waals surface area contributed by atoms with Gasteiger partial charge < -0.3 is 10.1 Å². The number of benzene rings is 1. The van der Waals surface area contributed by atoms with Gasteiger partial charge in [-0.2, -0.15) is 4.39 Å². The van der Waals surface area contributed by atoms with Crippen molar-refractivity contribution in [1.82, 2.24) is 0 Å². The van der Waals surface area contributed by atoms with Crippen LogP contribution in [0.2, 0.25) is 0 Å². The fourth-order valence-electron chi connectivity index (χ4n) is 2.02.